The fourth-order valence-electron chi connectivity index (χ4n) is 4.00. The Labute approximate surface area is 473 Å². The summed E-state index contributed by atoms with van der Waals surface area (Å²) in [7, 11) is -25.9. The Kier molecular flexibility index (Phi) is 41.2. The molecule has 2 aromatic carbocycles. The van der Waals surface area contributed by atoms with Gasteiger partial charge < -0.3 is 85.0 Å². The van der Waals surface area contributed by atoms with Gasteiger partial charge in [-0.2, -0.15) is 0 Å². The second-order valence-corrected chi connectivity index (χ2v) is 13.0. The van der Waals surface area contributed by atoms with E-state index in [0.29, 0.717) is 0 Å². The number of phosphoric acid groups is 4. The minimum absolute atomic E-state index is 0. The summed E-state index contributed by atoms with van der Waals surface area (Å²) in [5, 5.41) is 0. The predicted octanol–water partition coefficient (Wildman–Crippen LogP) is -28.7. The summed E-state index contributed by atoms with van der Waals surface area (Å²) < 4.78 is 73.3. The fraction of sp³-hybridized carbons (Fsp3) is 0.300. The standard InChI is InChI=1S/C20H24O20P4.8Na/c21-19(11-7-3-1-4-8-11)35-13-14(36-20(22)12-9-5-2-6-10-12)16(38-42(26,27)28)18(40-44(32,33)34)17(39-43(29,30)31)15(13)37-41(23,24)25;;;;;;;;/h1-10,13-18H,(H2,23,24,25)(H2,26,27,28)(H2,29,30,31)(H2,32,33,34);;;;;;;;/q;8*+1/p-8/t13-,14-,15-,16+,17-,18-;;;;;;;;/m1......../s1. The number of ether oxygens (including phenoxy) is 2. The Balaban J connectivity index is -0.000000661. The molecule has 0 N–H and O–H groups in total. The summed E-state index contributed by atoms with van der Waals surface area (Å²) in [6, 6.07) is 12.3. The van der Waals surface area contributed by atoms with Gasteiger partial charge in [-0.3, -0.25) is 0 Å². The number of carbonyl (C=O) groups excluding carboxylic acids is 2. The third-order valence-electron chi connectivity index (χ3n) is 5.45. The topological polar surface area (TPSA) is 342 Å². The molecule has 52 heavy (non-hydrogen) atoms. The molecule has 1 aliphatic carbocycles. The monoisotopic (exact) mass is 884 g/mol. The van der Waals surface area contributed by atoms with E-state index in [4.69, 9.17) is 9.47 Å². The molecule has 0 aromatic heterocycles. The van der Waals surface area contributed by atoms with Crippen molar-refractivity contribution in [2.24, 2.45) is 0 Å². The van der Waals surface area contributed by atoms with Crippen LogP contribution in [0.4, 0.5) is 0 Å². The number of rotatable bonds is 12. The van der Waals surface area contributed by atoms with Crippen molar-refractivity contribution in [3.8, 4) is 0 Å². The molecule has 1 aliphatic rings. The van der Waals surface area contributed by atoms with Crippen LogP contribution in [-0.4, -0.2) is 48.6 Å². The molecule has 0 heterocycles. The second-order valence-electron chi connectivity index (χ2n) is 8.54. The van der Waals surface area contributed by atoms with Crippen LogP contribution in [0.2, 0.25) is 0 Å². The van der Waals surface area contributed by atoms with E-state index in [0.717, 1.165) is 24.3 Å². The van der Waals surface area contributed by atoms with E-state index in [1.807, 2.05) is 0 Å². The normalized spacial score (nSPS) is 21.0. The van der Waals surface area contributed by atoms with E-state index in [2.05, 4.69) is 18.1 Å². The molecule has 20 nitrogen and oxygen atoms in total. The first-order chi connectivity index (χ1) is 20.1. The Morgan fingerprint density at radius 2 is 0.577 bits per heavy atom. The molecule has 0 unspecified atom stereocenters. The molecule has 32 heteroatoms. The van der Waals surface area contributed by atoms with E-state index in [1.54, 1.807) is 0 Å². The van der Waals surface area contributed by atoms with E-state index in [1.165, 1.54) is 36.4 Å². The van der Waals surface area contributed by atoms with E-state index < -0.39 is 79.9 Å². The summed E-state index contributed by atoms with van der Waals surface area (Å²) in [5.41, 5.74) is -0.749. The molecular weight excluding hydrogens is 868 g/mol. The van der Waals surface area contributed by atoms with Crippen molar-refractivity contribution in [3.63, 3.8) is 0 Å². The second kappa shape index (κ2) is 30.8. The average molecular weight is 884 g/mol. The molecule has 244 valence electrons. The van der Waals surface area contributed by atoms with Crippen molar-refractivity contribution in [1.29, 1.82) is 0 Å². The number of phosphoric ester groups is 4. The minimum atomic E-state index is -6.51. The van der Waals surface area contributed by atoms with Gasteiger partial charge in [-0.1, -0.05) is 36.4 Å². The van der Waals surface area contributed by atoms with Crippen LogP contribution < -0.4 is 276 Å². The zero-order chi connectivity index (χ0) is 33.1. The third kappa shape index (κ3) is 25.1. The third-order valence-corrected chi connectivity index (χ3v) is 7.46. The van der Waals surface area contributed by atoms with Gasteiger partial charge in [-0.15, -0.1) is 0 Å². The van der Waals surface area contributed by atoms with Gasteiger partial charge in [-0.05, 0) is 24.3 Å². The zero-order valence-corrected chi connectivity index (χ0v) is 48.8. The summed E-state index contributed by atoms with van der Waals surface area (Å²) >= 11 is 0. The molecule has 6 atom stereocenters. The Bertz CT molecular complexity index is 1410. The minimum Gasteiger partial charge on any atom is -0.790 e. The summed E-state index contributed by atoms with van der Waals surface area (Å²) in [6.07, 6.45) is -18.1. The van der Waals surface area contributed by atoms with E-state index >= 15 is 0 Å². The molecular formula is C20H16Na8O20P4. The quantitative estimate of drug-likeness (QED) is 0.108. The number of carbonyl (C=O) groups is 2. The first-order valence-corrected chi connectivity index (χ1v) is 17.3. The van der Waals surface area contributed by atoms with Gasteiger partial charge in [0.05, 0.1) is 42.4 Å². The van der Waals surface area contributed by atoms with Gasteiger partial charge in [0.15, 0.2) is 12.2 Å². The zero-order valence-electron chi connectivity index (χ0n) is 29.2. The van der Waals surface area contributed by atoms with Crippen molar-refractivity contribution in [1.82, 2.24) is 0 Å². The van der Waals surface area contributed by atoms with Gasteiger partial charge >= 0.3 is 248 Å². The van der Waals surface area contributed by atoms with Crippen molar-refractivity contribution in [2.45, 2.75) is 36.6 Å². The fourth-order valence-corrected chi connectivity index (χ4v) is 6.15. The maximum absolute atomic E-state index is 13.0. The number of esters is 2. The maximum Gasteiger partial charge on any atom is 1.00 e. The smallest absolute Gasteiger partial charge is 0.790 e. The molecule has 0 amide bonds. The number of benzene rings is 2. The molecule has 1 fully saturated rings. The van der Waals surface area contributed by atoms with Crippen molar-refractivity contribution >= 4 is 43.2 Å². The van der Waals surface area contributed by atoms with Crippen LogP contribution >= 0.6 is 31.3 Å². The molecule has 0 spiro atoms. The average Bonchev–Trinajstić information content (AvgIpc) is 2.88. The van der Waals surface area contributed by atoms with Crippen LogP contribution in [0.5, 0.6) is 0 Å². The summed E-state index contributed by atoms with van der Waals surface area (Å²) in [4.78, 5) is 119. The van der Waals surface area contributed by atoms with Gasteiger partial charge in [0, 0.05) is 0 Å². The van der Waals surface area contributed by atoms with Gasteiger partial charge in [0.25, 0.3) is 0 Å². The molecule has 1 saturated carbocycles. The number of hydrogen-bond donors (Lipinski definition) is 0. The van der Waals surface area contributed by atoms with Crippen LogP contribution in [0.25, 0.3) is 0 Å². The summed E-state index contributed by atoms with van der Waals surface area (Å²) in [6.45, 7) is 0. The Morgan fingerprint density at radius 1 is 0.385 bits per heavy atom. The molecule has 0 radical (unpaired) electrons. The molecule has 0 bridgehead atoms. The first-order valence-electron chi connectivity index (χ1n) is 11.5. The van der Waals surface area contributed by atoms with Crippen LogP contribution in [-0.2, 0) is 45.8 Å². The van der Waals surface area contributed by atoms with E-state index in [9.17, 15) is 67.0 Å². The summed E-state index contributed by atoms with van der Waals surface area (Å²) in [5.74, 6) is -3.02. The number of hydrogen-bond acceptors (Lipinski definition) is 20. The molecule has 0 saturated heterocycles. The predicted molar refractivity (Wildman–Crippen MR) is 121 cm³/mol. The Hall–Kier alpha value is 5.82. The van der Waals surface area contributed by atoms with Crippen molar-refractivity contribution in [2.75, 3.05) is 0 Å². The Morgan fingerprint density at radius 3 is 0.769 bits per heavy atom. The van der Waals surface area contributed by atoms with Crippen LogP contribution in [0.3, 0.4) is 0 Å². The largest absolute Gasteiger partial charge is 1.00 e. The molecule has 3 rings (SSSR count). The van der Waals surface area contributed by atoms with Gasteiger partial charge in [0.1, 0.15) is 24.4 Å². The van der Waals surface area contributed by atoms with Crippen LogP contribution in [0.15, 0.2) is 60.7 Å². The molecule has 0 aliphatic heterocycles. The maximum atomic E-state index is 13.0. The molecule has 2 aromatic rings. The van der Waals surface area contributed by atoms with Gasteiger partial charge in [0.2, 0.25) is 0 Å². The SMILES string of the molecule is O=C(O[C@@H]1[C@@H](OC(=O)c2ccccc2)[C@H](OP(=O)([O-])[O-])[C@@H](OP(=O)([O-])[O-])[C@H](OP(=O)([O-])[O-])[C@@H]1OP(=O)([O-])[O-])c1ccccc1.[Na+].[Na+].[Na+].[Na+].[Na+].[Na+].[Na+].[Na+]. The van der Waals surface area contributed by atoms with Gasteiger partial charge in [-0.25, -0.2) is 9.59 Å². The van der Waals surface area contributed by atoms with Crippen molar-refractivity contribution < 1.29 is 331 Å². The van der Waals surface area contributed by atoms with E-state index in [-0.39, 0.29) is 248 Å². The van der Waals surface area contributed by atoms with Crippen molar-refractivity contribution in [3.05, 3.63) is 71.8 Å². The van der Waals surface area contributed by atoms with Crippen LogP contribution in [0, 0.1) is 0 Å². The first kappa shape index (κ1) is 69.5. The van der Waals surface area contributed by atoms with Crippen LogP contribution in [0.1, 0.15) is 20.7 Å².